The van der Waals surface area contributed by atoms with E-state index in [1.54, 1.807) is 0 Å². The molecule has 2 unspecified atom stereocenters. The second-order valence-electron chi connectivity index (χ2n) is 4.82. The van der Waals surface area contributed by atoms with Gasteiger partial charge in [0.25, 0.3) is 0 Å². The fraction of sp³-hybridized carbons (Fsp3) is 0.909. The van der Waals surface area contributed by atoms with Crippen molar-refractivity contribution in [2.45, 2.75) is 49.9 Å². The Morgan fingerprint density at radius 3 is 2.67 bits per heavy atom. The number of nitrogens with two attached hydrogens (primary N) is 1. The van der Waals surface area contributed by atoms with Crippen molar-refractivity contribution in [1.82, 2.24) is 4.90 Å². The summed E-state index contributed by atoms with van der Waals surface area (Å²) in [6.45, 7) is 5.20. The van der Waals surface area contributed by atoms with Gasteiger partial charge in [-0.25, -0.2) is 0 Å². The molecule has 0 bridgehead atoms. The predicted octanol–water partition coefficient (Wildman–Crippen LogP) is 1.22. The molecule has 1 saturated carbocycles. The highest BCUT2D eigenvalue weighted by Crippen LogP contribution is 2.34. The Bertz CT molecular complexity index is 265. The molecule has 0 aromatic carbocycles. The molecule has 15 heavy (non-hydrogen) atoms. The second-order valence-corrected chi connectivity index (χ2v) is 6.31. The number of amides is 1. The van der Waals surface area contributed by atoms with Crippen LogP contribution in [0.25, 0.3) is 0 Å². The molecule has 2 aliphatic rings. The van der Waals surface area contributed by atoms with Crippen LogP contribution in [0.1, 0.15) is 33.1 Å². The summed E-state index contributed by atoms with van der Waals surface area (Å²) in [6.07, 6.45) is 2.85. The number of carbonyl (C=O) groups is 1. The van der Waals surface area contributed by atoms with Gasteiger partial charge in [0.05, 0.1) is 5.54 Å². The summed E-state index contributed by atoms with van der Waals surface area (Å²) in [5.74, 6) is 1.24. The van der Waals surface area contributed by atoms with Gasteiger partial charge in [0.15, 0.2) is 0 Å². The van der Waals surface area contributed by atoms with Crippen LogP contribution in [-0.4, -0.2) is 39.9 Å². The van der Waals surface area contributed by atoms with E-state index in [4.69, 9.17) is 5.73 Å². The molecule has 2 fully saturated rings. The molecular weight excluding hydrogens is 208 g/mol. The minimum atomic E-state index is -0.518. The van der Waals surface area contributed by atoms with Crippen molar-refractivity contribution < 1.29 is 4.79 Å². The van der Waals surface area contributed by atoms with Gasteiger partial charge in [-0.15, -0.1) is 0 Å². The third kappa shape index (κ3) is 1.89. The number of hydrogen-bond acceptors (Lipinski definition) is 3. The van der Waals surface area contributed by atoms with Crippen molar-refractivity contribution in [3.63, 3.8) is 0 Å². The van der Waals surface area contributed by atoms with Crippen LogP contribution in [0.2, 0.25) is 0 Å². The average molecular weight is 228 g/mol. The van der Waals surface area contributed by atoms with Crippen LogP contribution < -0.4 is 5.73 Å². The first-order chi connectivity index (χ1) is 7.04. The molecule has 2 rings (SSSR count). The van der Waals surface area contributed by atoms with Crippen LogP contribution in [0.4, 0.5) is 0 Å². The summed E-state index contributed by atoms with van der Waals surface area (Å²) in [6, 6.07) is 0.331. The maximum atomic E-state index is 12.2. The lowest BCUT2D eigenvalue weighted by atomic mass is 9.76. The Morgan fingerprint density at radius 1 is 1.47 bits per heavy atom. The molecule has 0 aromatic heterocycles. The Labute approximate surface area is 95.8 Å². The van der Waals surface area contributed by atoms with E-state index in [-0.39, 0.29) is 5.91 Å². The van der Waals surface area contributed by atoms with Gasteiger partial charge in [0.1, 0.15) is 0 Å². The monoisotopic (exact) mass is 228 g/mol. The number of rotatable bonds is 1. The average Bonchev–Trinajstić information content (AvgIpc) is 2.18. The highest BCUT2D eigenvalue weighted by Gasteiger charge is 2.44. The summed E-state index contributed by atoms with van der Waals surface area (Å²) < 4.78 is 0. The number of carbonyl (C=O) groups excluding carboxylic acids is 1. The molecule has 1 heterocycles. The fourth-order valence-corrected chi connectivity index (χ4v) is 3.38. The van der Waals surface area contributed by atoms with Gasteiger partial charge in [-0.05, 0) is 26.2 Å². The van der Waals surface area contributed by atoms with Crippen molar-refractivity contribution in [2.75, 3.05) is 12.3 Å². The quantitative estimate of drug-likeness (QED) is 0.734. The molecule has 2 atom stereocenters. The van der Waals surface area contributed by atoms with Crippen molar-refractivity contribution in [1.29, 1.82) is 0 Å². The molecule has 0 aromatic rings. The summed E-state index contributed by atoms with van der Waals surface area (Å²) in [5.41, 5.74) is 5.57. The highest BCUT2D eigenvalue weighted by molar-refractivity contribution is 8.00. The van der Waals surface area contributed by atoms with Crippen LogP contribution in [-0.2, 0) is 4.79 Å². The van der Waals surface area contributed by atoms with E-state index in [1.165, 1.54) is 0 Å². The normalized spacial score (nSPS) is 34.7. The maximum absolute atomic E-state index is 12.2. The predicted molar refractivity (Wildman–Crippen MR) is 63.9 cm³/mol. The first-order valence-corrected chi connectivity index (χ1v) is 6.81. The molecule has 1 aliphatic heterocycles. The molecule has 3 nitrogen and oxygen atoms in total. The molecule has 86 valence electrons. The van der Waals surface area contributed by atoms with Gasteiger partial charge in [0, 0.05) is 23.6 Å². The zero-order valence-electron chi connectivity index (χ0n) is 9.53. The Balaban J connectivity index is 2.05. The van der Waals surface area contributed by atoms with Crippen molar-refractivity contribution in [2.24, 2.45) is 5.73 Å². The van der Waals surface area contributed by atoms with E-state index in [0.29, 0.717) is 11.3 Å². The number of thioether (sulfide) groups is 1. The zero-order chi connectivity index (χ0) is 11.1. The van der Waals surface area contributed by atoms with Crippen molar-refractivity contribution in [3.05, 3.63) is 0 Å². The molecule has 2 N–H and O–H groups in total. The van der Waals surface area contributed by atoms with E-state index in [0.717, 1.165) is 31.6 Å². The first-order valence-electron chi connectivity index (χ1n) is 5.76. The molecular formula is C11H20N2OS. The highest BCUT2D eigenvalue weighted by atomic mass is 32.2. The van der Waals surface area contributed by atoms with Crippen LogP contribution >= 0.6 is 11.8 Å². The standard InChI is InChI=1S/C11H20N2OS/c1-8-9(2)15-7-6-13(8)10(14)11(12)4-3-5-11/h8-9H,3-7,12H2,1-2H3. The van der Waals surface area contributed by atoms with Crippen LogP contribution in [0, 0.1) is 0 Å². The molecule has 1 amide bonds. The third-order valence-corrected chi connectivity index (χ3v) is 5.15. The lowest BCUT2D eigenvalue weighted by molar-refractivity contribution is -0.142. The molecule has 0 radical (unpaired) electrons. The minimum Gasteiger partial charge on any atom is -0.336 e. The van der Waals surface area contributed by atoms with E-state index in [9.17, 15) is 4.79 Å². The lowest BCUT2D eigenvalue weighted by Crippen LogP contribution is -2.63. The van der Waals surface area contributed by atoms with E-state index >= 15 is 0 Å². The Morgan fingerprint density at radius 2 is 2.13 bits per heavy atom. The summed E-state index contributed by atoms with van der Waals surface area (Å²) in [4.78, 5) is 14.3. The van der Waals surface area contributed by atoms with Crippen LogP contribution in [0.3, 0.4) is 0 Å². The summed E-state index contributed by atoms with van der Waals surface area (Å²) in [7, 11) is 0. The summed E-state index contributed by atoms with van der Waals surface area (Å²) in [5, 5.41) is 0.534. The van der Waals surface area contributed by atoms with Gasteiger partial charge in [-0.3, -0.25) is 4.79 Å². The van der Waals surface area contributed by atoms with E-state index < -0.39 is 5.54 Å². The number of hydrogen-bond donors (Lipinski definition) is 1. The van der Waals surface area contributed by atoms with Crippen molar-refractivity contribution in [3.8, 4) is 0 Å². The van der Waals surface area contributed by atoms with Crippen LogP contribution in [0.15, 0.2) is 0 Å². The Hall–Kier alpha value is -0.220. The topological polar surface area (TPSA) is 46.3 Å². The van der Waals surface area contributed by atoms with Crippen molar-refractivity contribution >= 4 is 17.7 Å². The van der Waals surface area contributed by atoms with Gasteiger partial charge < -0.3 is 10.6 Å². The maximum Gasteiger partial charge on any atom is 0.242 e. The zero-order valence-corrected chi connectivity index (χ0v) is 10.3. The van der Waals surface area contributed by atoms with Gasteiger partial charge >= 0.3 is 0 Å². The van der Waals surface area contributed by atoms with E-state index in [1.807, 2.05) is 16.7 Å². The molecule has 0 spiro atoms. The lowest BCUT2D eigenvalue weighted by Gasteiger charge is -2.45. The molecule has 4 heteroatoms. The molecule has 1 saturated heterocycles. The van der Waals surface area contributed by atoms with Gasteiger partial charge in [-0.2, -0.15) is 11.8 Å². The van der Waals surface area contributed by atoms with Gasteiger partial charge in [0.2, 0.25) is 5.91 Å². The third-order valence-electron chi connectivity index (χ3n) is 3.82. The minimum absolute atomic E-state index is 0.188. The first kappa shape index (κ1) is 11.3. The molecule has 1 aliphatic carbocycles. The number of nitrogens with zero attached hydrogens (tertiary/aromatic N) is 1. The Kier molecular flexibility index (Phi) is 2.99. The van der Waals surface area contributed by atoms with Crippen LogP contribution in [0.5, 0.6) is 0 Å². The second kappa shape index (κ2) is 3.98. The van der Waals surface area contributed by atoms with Gasteiger partial charge in [-0.1, -0.05) is 6.92 Å². The fourth-order valence-electron chi connectivity index (χ4n) is 2.28. The smallest absolute Gasteiger partial charge is 0.242 e. The SMILES string of the molecule is CC1SCCN(C(=O)C2(N)CCC2)C1C. The largest absolute Gasteiger partial charge is 0.336 e. The van der Waals surface area contributed by atoms with E-state index in [2.05, 4.69) is 13.8 Å². The summed E-state index contributed by atoms with van der Waals surface area (Å²) >= 11 is 1.95.